The Balaban J connectivity index is 1.48. The minimum absolute atomic E-state index is 0.0884. The van der Waals surface area contributed by atoms with Crippen LogP contribution in [0.3, 0.4) is 0 Å². The van der Waals surface area contributed by atoms with Crippen molar-refractivity contribution in [1.82, 2.24) is 24.8 Å². The van der Waals surface area contributed by atoms with Crippen LogP contribution in [0.15, 0.2) is 30.5 Å². The van der Waals surface area contributed by atoms with Gasteiger partial charge in [-0.25, -0.2) is 9.37 Å². The van der Waals surface area contributed by atoms with Gasteiger partial charge in [0.1, 0.15) is 11.6 Å². The summed E-state index contributed by atoms with van der Waals surface area (Å²) in [5, 5.41) is 4.88. The number of aromatic amines is 1. The Bertz CT molecular complexity index is 1280. The van der Waals surface area contributed by atoms with Crippen molar-refractivity contribution >= 4 is 39.0 Å². The minimum atomic E-state index is -0.472. The highest BCUT2D eigenvalue weighted by Crippen LogP contribution is 2.31. The predicted molar refractivity (Wildman–Crippen MR) is 130 cm³/mol. The Hall–Kier alpha value is -3.24. The first kappa shape index (κ1) is 21.6. The van der Waals surface area contributed by atoms with Crippen LogP contribution in [0.4, 0.5) is 21.2 Å². The highest BCUT2D eigenvalue weighted by atomic mass is 32.1. The summed E-state index contributed by atoms with van der Waals surface area (Å²) in [6.45, 7) is 7.58. The third-order valence-corrected chi connectivity index (χ3v) is 6.72. The van der Waals surface area contributed by atoms with Crippen LogP contribution in [0.2, 0.25) is 0 Å². The molecule has 10 heteroatoms. The van der Waals surface area contributed by atoms with Crippen molar-refractivity contribution < 1.29 is 9.13 Å². The van der Waals surface area contributed by atoms with Crippen molar-refractivity contribution in [2.45, 2.75) is 20.3 Å². The van der Waals surface area contributed by atoms with Crippen LogP contribution in [0.25, 0.3) is 10.9 Å². The summed E-state index contributed by atoms with van der Waals surface area (Å²) in [6.07, 6.45) is 2.78. The van der Waals surface area contributed by atoms with Gasteiger partial charge >= 0.3 is 6.01 Å². The van der Waals surface area contributed by atoms with Crippen molar-refractivity contribution in [1.29, 1.82) is 0 Å². The lowest BCUT2D eigenvalue weighted by atomic mass is 10.2. The number of ether oxygens (including phenoxy) is 1. The largest absolute Gasteiger partial charge is 0.421 e. The second kappa shape index (κ2) is 8.95. The standard InChI is InChI=1S/C23H26FN7OS/c1-4-16-13-25-23(33-16)28-20-12-21(31-7-5-30(3)6-8-31)29-22(27-20)32-19-10-15-9-14(2)26-18(15)11-17(19)24/h9-13,26H,4-8H2,1-3H3,(H,25,27,28,29). The zero-order valence-corrected chi connectivity index (χ0v) is 19.7. The van der Waals surface area contributed by atoms with Crippen molar-refractivity contribution in [3.05, 3.63) is 46.9 Å². The molecule has 0 atom stereocenters. The average Bonchev–Trinajstić information content (AvgIpc) is 3.39. The Morgan fingerprint density at radius 1 is 1.15 bits per heavy atom. The molecule has 0 aliphatic carbocycles. The summed E-state index contributed by atoms with van der Waals surface area (Å²) < 4.78 is 20.6. The van der Waals surface area contributed by atoms with E-state index in [1.807, 2.05) is 25.3 Å². The number of halogens is 1. The number of hydrogen-bond acceptors (Lipinski definition) is 8. The zero-order valence-electron chi connectivity index (χ0n) is 18.9. The molecule has 0 saturated carbocycles. The number of anilines is 3. The number of nitrogens with one attached hydrogen (secondary N) is 2. The van der Waals surface area contributed by atoms with E-state index in [4.69, 9.17) is 4.74 Å². The van der Waals surface area contributed by atoms with Gasteiger partial charge in [0, 0.05) is 66.0 Å². The number of hydrogen-bond donors (Lipinski definition) is 2. The number of nitrogens with zero attached hydrogens (tertiary/aromatic N) is 5. The highest BCUT2D eigenvalue weighted by molar-refractivity contribution is 7.15. The molecule has 4 aromatic rings. The molecule has 172 valence electrons. The summed E-state index contributed by atoms with van der Waals surface area (Å²) in [5.41, 5.74) is 1.68. The van der Waals surface area contributed by atoms with E-state index in [1.54, 1.807) is 17.4 Å². The van der Waals surface area contributed by atoms with Crippen LogP contribution in [-0.2, 0) is 6.42 Å². The first-order valence-electron chi connectivity index (χ1n) is 11.0. The quantitative estimate of drug-likeness (QED) is 0.425. The summed E-state index contributed by atoms with van der Waals surface area (Å²) >= 11 is 1.58. The van der Waals surface area contributed by atoms with E-state index in [0.717, 1.165) is 60.1 Å². The van der Waals surface area contributed by atoms with Crippen molar-refractivity contribution in [3.8, 4) is 11.8 Å². The van der Waals surface area contributed by atoms with Crippen molar-refractivity contribution in [2.24, 2.45) is 0 Å². The average molecular weight is 468 g/mol. The van der Waals surface area contributed by atoms with E-state index in [9.17, 15) is 4.39 Å². The molecule has 1 aliphatic rings. The fraction of sp³-hybridized carbons (Fsp3) is 0.348. The molecule has 0 unspecified atom stereocenters. The van der Waals surface area contributed by atoms with Crippen molar-refractivity contribution in [2.75, 3.05) is 43.4 Å². The summed E-state index contributed by atoms with van der Waals surface area (Å²) in [4.78, 5) is 22.3. The monoisotopic (exact) mass is 467 g/mol. The molecule has 5 rings (SSSR count). The molecule has 8 nitrogen and oxygen atoms in total. The number of benzene rings is 1. The number of piperazine rings is 1. The molecule has 0 bridgehead atoms. The van der Waals surface area contributed by atoms with Gasteiger partial charge in [0.25, 0.3) is 0 Å². The molecule has 3 aromatic heterocycles. The number of thiazole rings is 1. The van der Waals surface area contributed by atoms with E-state index >= 15 is 0 Å². The zero-order chi connectivity index (χ0) is 22.9. The van der Waals surface area contributed by atoms with E-state index in [-0.39, 0.29) is 11.8 Å². The SMILES string of the molecule is CCc1cnc(Nc2cc(N3CCN(C)CC3)nc(Oc3cc4cc(C)[nH]c4cc3F)n2)s1. The fourth-order valence-electron chi connectivity index (χ4n) is 3.81. The van der Waals surface area contributed by atoms with Gasteiger partial charge in [-0.05, 0) is 32.5 Å². The van der Waals surface area contributed by atoms with E-state index < -0.39 is 5.82 Å². The van der Waals surface area contributed by atoms with Crippen LogP contribution in [0.1, 0.15) is 17.5 Å². The minimum Gasteiger partial charge on any atom is -0.421 e. The highest BCUT2D eigenvalue weighted by Gasteiger charge is 2.19. The van der Waals surface area contributed by atoms with Crippen LogP contribution in [0, 0.1) is 12.7 Å². The Morgan fingerprint density at radius 2 is 1.97 bits per heavy atom. The second-order valence-corrected chi connectivity index (χ2v) is 9.33. The van der Waals surface area contributed by atoms with Crippen molar-refractivity contribution in [3.63, 3.8) is 0 Å². The van der Waals surface area contributed by atoms with Crippen LogP contribution < -0.4 is 15.0 Å². The molecule has 1 aromatic carbocycles. The van der Waals surface area contributed by atoms with E-state index in [1.165, 1.54) is 10.9 Å². The van der Waals surface area contributed by atoms with Gasteiger partial charge in [0.05, 0.1) is 0 Å². The normalized spacial score (nSPS) is 14.7. The van der Waals surface area contributed by atoms with Gasteiger partial charge in [-0.3, -0.25) is 0 Å². The number of rotatable bonds is 6. The van der Waals surface area contributed by atoms with Gasteiger partial charge in [0.15, 0.2) is 16.7 Å². The van der Waals surface area contributed by atoms with Gasteiger partial charge in [-0.2, -0.15) is 9.97 Å². The Kier molecular flexibility index (Phi) is 5.86. The maximum Gasteiger partial charge on any atom is 0.326 e. The molecule has 1 saturated heterocycles. The third kappa shape index (κ3) is 4.76. The number of aromatic nitrogens is 4. The van der Waals surface area contributed by atoms with Crippen LogP contribution in [-0.4, -0.2) is 58.1 Å². The fourth-order valence-corrected chi connectivity index (χ4v) is 4.57. The molecule has 0 radical (unpaired) electrons. The van der Waals surface area contributed by atoms with Crippen LogP contribution in [0.5, 0.6) is 11.8 Å². The lowest BCUT2D eigenvalue weighted by Crippen LogP contribution is -2.44. The number of fused-ring (bicyclic) bond motifs is 1. The molecule has 1 fully saturated rings. The third-order valence-electron chi connectivity index (χ3n) is 5.67. The Morgan fingerprint density at radius 3 is 2.73 bits per heavy atom. The smallest absolute Gasteiger partial charge is 0.326 e. The maximum absolute atomic E-state index is 14.8. The second-order valence-electron chi connectivity index (χ2n) is 8.22. The van der Waals surface area contributed by atoms with E-state index in [2.05, 4.69) is 49.0 Å². The molecule has 2 N–H and O–H groups in total. The maximum atomic E-state index is 14.8. The first-order valence-corrected chi connectivity index (χ1v) is 11.8. The van der Waals surface area contributed by atoms with E-state index in [0.29, 0.717) is 5.82 Å². The number of H-pyrrole nitrogens is 1. The number of aryl methyl sites for hydroxylation is 2. The molecular formula is C23H26FN7OS. The molecule has 1 aliphatic heterocycles. The first-order chi connectivity index (χ1) is 16.0. The molecule has 33 heavy (non-hydrogen) atoms. The molecule has 0 amide bonds. The van der Waals surface area contributed by atoms with Crippen LogP contribution >= 0.6 is 11.3 Å². The predicted octanol–water partition coefficient (Wildman–Crippen LogP) is 4.71. The molecule has 0 spiro atoms. The summed E-state index contributed by atoms with van der Waals surface area (Å²) in [6, 6.07) is 7.03. The van der Waals surface area contributed by atoms with Gasteiger partial charge in [-0.15, -0.1) is 11.3 Å². The lowest BCUT2D eigenvalue weighted by molar-refractivity contribution is 0.311. The van der Waals surface area contributed by atoms with Gasteiger partial charge in [0.2, 0.25) is 0 Å². The Labute approximate surface area is 195 Å². The molecule has 4 heterocycles. The lowest BCUT2D eigenvalue weighted by Gasteiger charge is -2.33. The van der Waals surface area contributed by atoms with Gasteiger partial charge in [-0.1, -0.05) is 6.92 Å². The topological polar surface area (TPSA) is 82.2 Å². The molecular weight excluding hydrogens is 441 g/mol. The van der Waals surface area contributed by atoms with Gasteiger partial charge < -0.3 is 24.8 Å². The summed E-state index contributed by atoms with van der Waals surface area (Å²) in [5.74, 6) is 0.914. The number of likely N-dealkylation sites (N-methyl/N-ethyl adjacent to an activating group) is 1. The summed E-state index contributed by atoms with van der Waals surface area (Å²) in [7, 11) is 2.11.